The van der Waals surface area contributed by atoms with Crippen molar-refractivity contribution in [3.05, 3.63) is 59.7 Å². The number of benzene rings is 2. The number of ether oxygens (including phenoxy) is 3. The Balaban J connectivity index is 1.90. The van der Waals surface area contributed by atoms with Crippen molar-refractivity contribution in [1.82, 2.24) is 0 Å². The average Bonchev–Trinajstić information content (AvgIpc) is 2.79. The van der Waals surface area contributed by atoms with E-state index in [2.05, 4.69) is 13.8 Å². The van der Waals surface area contributed by atoms with E-state index in [1.54, 1.807) is 0 Å². The summed E-state index contributed by atoms with van der Waals surface area (Å²) in [5.74, 6) is 1.50. The summed E-state index contributed by atoms with van der Waals surface area (Å²) in [5, 5.41) is 28.1. The summed E-state index contributed by atoms with van der Waals surface area (Å²) in [4.78, 5) is 0. The number of hydrogen-bond acceptors (Lipinski definition) is 6. The van der Waals surface area contributed by atoms with Gasteiger partial charge in [0.25, 0.3) is 0 Å². The zero-order valence-corrected chi connectivity index (χ0v) is 18.9. The van der Waals surface area contributed by atoms with Crippen LogP contribution in [0.5, 0.6) is 11.5 Å². The van der Waals surface area contributed by atoms with Crippen LogP contribution in [-0.2, 0) is 10.2 Å². The molecule has 2 rings (SSSR count). The average molecular weight is 453 g/mol. The van der Waals surface area contributed by atoms with Gasteiger partial charge < -0.3 is 29.5 Å². The normalized spacial score (nSPS) is 13.6. The molecule has 2 aromatic rings. The first kappa shape index (κ1) is 25.4. The van der Waals surface area contributed by atoms with E-state index in [1.165, 1.54) is 0 Å². The van der Waals surface area contributed by atoms with E-state index in [0.717, 1.165) is 11.1 Å². The van der Waals surface area contributed by atoms with Crippen LogP contribution in [0.1, 0.15) is 31.4 Å². The van der Waals surface area contributed by atoms with Gasteiger partial charge in [-0.05, 0) is 41.8 Å². The van der Waals surface area contributed by atoms with Gasteiger partial charge in [-0.25, -0.2) is 0 Å². The van der Waals surface area contributed by atoms with Crippen LogP contribution < -0.4 is 9.47 Å². The minimum atomic E-state index is -0.721. The number of halogens is 1. The van der Waals surface area contributed by atoms with Gasteiger partial charge in [0.1, 0.15) is 36.9 Å². The summed E-state index contributed by atoms with van der Waals surface area (Å²) in [7, 11) is 0. The zero-order valence-electron chi connectivity index (χ0n) is 18.2. The Morgan fingerprint density at radius 3 is 1.74 bits per heavy atom. The molecule has 0 saturated heterocycles. The van der Waals surface area contributed by atoms with Gasteiger partial charge >= 0.3 is 0 Å². The molecule has 31 heavy (non-hydrogen) atoms. The monoisotopic (exact) mass is 452 g/mol. The molecule has 0 amide bonds. The molecule has 0 aliphatic rings. The second-order valence-electron chi connectivity index (χ2n) is 7.91. The van der Waals surface area contributed by atoms with Crippen LogP contribution >= 0.6 is 11.6 Å². The molecule has 0 radical (unpaired) electrons. The smallest absolute Gasteiger partial charge is 0.119 e. The molecule has 0 fully saturated rings. The van der Waals surface area contributed by atoms with Crippen molar-refractivity contribution in [1.29, 1.82) is 0 Å². The van der Waals surface area contributed by atoms with Crippen molar-refractivity contribution in [2.24, 2.45) is 0 Å². The fourth-order valence-corrected chi connectivity index (χ4v) is 3.05. The van der Waals surface area contributed by atoms with Crippen LogP contribution in [0.25, 0.3) is 0 Å². The molecule has 0 aliphatic carbocycles. The van der Waals surface area contributed by atoms with Crippen LogP contribution in [0.2, 0.25) is 0 Å². The predicted molar refractivity (Wildman–Crippen MR) is 121 cm³/mol. The topological polar surface area (TPSA) is 88.4 Å². The first-order chi connectivity index (χ1) is 14.9. The van der Waals surface area contributed by atoms with Crippen LogP contribution in [-0.4, -0.2) is 66.4 Å². The molecular weight excluding hydrogens is 420 g/mol. The Labute approximate surface area is 189 Å². The third-order valence-electron chi connectivity index (χ3n) is 4.97. The molecule has 172 valence electrons. The largest absolute Gasteiger partial charge is 0.491 e. The van der Waals surface area contributed by atoms with Gasteiger partial charge in [0.15, 0.2) is 0 Å². The maximum absolute atomic E-state index is 9.90. The van der Waals surface area contributed by atoms with Gasteiger partial charge in [-0.2, -0.15) is 0 Å². The van der Waals surface area contributed by atoms with Crippen LogP contribution in [0.4, 0.5) is 0 Å². The van der Waals surface area contributed by atoms with E-state index >= 15 is 0 Å². The summed E-state index contributed by atoms with van der Waals surface area (Å²) >= 11 is 5.58. The highest BCUT2D eigenvalue weighted by molar-refractivity contribution is 6.18. The molecule has 0 bridgehead atoms. The van der Waals surface area contributed by atoms with Gasteiger partial charge in [0.2, 0.25) is 0 Å². The molecule has 0 spiro atoms. The van der Waals surface area contributed by atoms with Gasteiger partial charge in [0, 0.05) is 18.6 Å². The van der Waals surface area contributed by atoms with Gasteiger partial charge in [-0.1, -0.05) is 38.1 Å². The highest BCUT2D eigenvalue weighted by Gasteiger charge is 2.23. The highest BCUT2D eigenvalue weighted by atomic mass is 35.5. The Kier molecular flexibility index (Phi) is 10.6. The summed E-state index contributed by atoms with van der Waals surface area (Å²) in [6.45, 7) is 5.26. The fraction of sp³-hybridized carbons (Fsp3) is 0.500. The van der Waals surface area contributed by atoms with E-state index in [1.807, 2.05) is 48.5 Å². The highest BCUT2D eigenvalue weighted by Crippen LogP contribution is 2.33. The van der Waals surface area contributed by atoms with Crippen molar-refractivity contribution in [2.75, 3.05) is 38.9 Å². The van der Waals surface area contributed by atoms with E-state index in [4.69, 9.17) is 30.9 Å². The van der Waals surface area contributed by atoms with Crippen LogP contribution in [0.3, 0.4) is 0 Å². The molecule has 3 N–H and O–H groups in total. The summed E-state index contributed by atoms with van der Waals surface area (Å²) in [5.41, 5.74) is 2.02. The maximum atomic E-state index is 9.90. The number of aliphatic hydroxyl groups is 3. The Bertz CT molecular complexity index is 748. The lowest BCUT2D eigenvalue weighted by Gasteiger charge is -2.26. The van der Waals surface area contributed by atoms with E-state index in [0.29, 0.717) is 24.5 Å². The van der Waals surface area contributed by atoms with Gasteiger partial charge in [-0.3, -0.25) is 0 Å². The molecule has 2 unspecified atom stereocenters. The molecule has 2 aromatic carbocycles. The van der Waals surface area contributed by atoms with Crippen LogP contribution in [0.15, 0.2) is 48.5 Å². The SMILES string of the molecule is CC(C)(c1ccc(OCC(O)CCl)cc1)c1ccc(OCC(O)COCCCO)cc1. The van der Waals surface area contributed by atoms with Gasteiger partial charge in [0.05, 0.1) is 12.5 Å². The summed E-state index contributed by atoms with van der Waals surface area (Å²) < 4.78 is 16.4. The third-order valence-corrected chi connectivity index (χ3v) is 5.33. The van der Waals surface area contributed by atoms with Crippen molar-refractivity contribution in [2.45, 2.75) is 37.9 Å². The lowest BCUT2D eigenvalue weighted by Crippen LogP contribution is -2.24. The second kappa shape index (κ2) is 12.9. The Morgan fingerprint density at radius 2 is 1.29 bits per heavy atom. The molecule has 0 aromatic heterocycles. The predicted octanol–water partition coefficient (Wildman–Crippen LogP) is 3.13. The Morgan fingerprint density at radius 1 is 0.806 bits per heavy atom. The van der Waals surface area contributed by atoms with Crippen LogP contribution in [0, 0.1) is 0 Å². The lowest BCUT2D eigenvalue weighted by atomic mass is 9.78. The minimum Gasteiger partial charge on any atom is -0.491 e. The van der Waals surface area contributed by atoms with Crippen molar-refractivity contribution in [3.8, 4) is 11.5 Å². The molecular formula is C24H33ClO6. The molecule has 0 heterocycles. The quantitative estimate of drug-likeness (QED) is 0.301. The number of aliphatic hydroxyl groups excluding tert-OH is 3. The third kappa shape index (κ3) is 8.31. The van der Waals surface area contributed by atoms with Gasteiger partial charge in [-0.15, -0.1) is 11.6 Å². The summed E-state index contributed by atoms with van der Waals surface area (Å²) in [6, 6.07) is 15.6. The molecule has 7 heteroatoms. The number of rotatable bonds is 14. The van der Waals surface area contributed by atoms with E-state index in [-0.39, 0.29) is 37.7 Å². The van der Waals surface area contributed by atoms with Crippen molar-refractivity contribution >= 4 is 11.6 Å². The molecule has 0 aliphatic heterocycles. The summed E-state index contributed by atoms with van der Waals surface area (Å²) in [6.07, 6.45) is -0.850. The van der Waals surface area contributed by atoms with E-state index < -0.39 is 12.2 Å². The van der Waals surface area contributed by atoms with Crippen molar-refractivity contribution in [3.63, 3.8) is 0 Å². The maximum Gasteiger partial charge on any atom is 0.119 e. The second-order valence-corrected chi connectivity index (χ2v) is 8.22. The number of hydrogen-bond donors (Lipinski definition) is 3. The molecule has 2 atom stereocenters. The Hall–Kier alpha value is -1.83. The molecule has 0 saturated carbocycles. The molecule has 6 nitrogen and oxygen atoms in total. The fourth-order valence-electron chi connectivity index (χ4n) is 2.97. The standard InChI is InChI=1S/C24H33ClO6/c1-24(2,18-4-8-22(9-5-18)30-16-20(27)14-25)19-6-10-23(11-7-19)31-17-21(28)15-29-13-3-12-26/h4-11,20-21,26-28H,3,12-17H2,1-2H3. The van der Waals surface area contributed by atoms with E-state index in [9.17, 15) is 10.2 Å². The lowest BCUT2D eigenvalue weighted by molar-refractivity contribution is 0.00842. The first-order valence-electron chi connectivity index (χ1n) is 10.4. The zero-order chi connectivity index (χ0) is 22.7. The van der Waals surface area contributed by atoms with Crippen molar-refractivity contribution < 1.29 is 29.5 Å². The first-order valence-corrected chi connectivity index (χ1v) is 11.0. The number of alkyl halides is 1. The minimum absolute atomic E-state index is 0.0753.